The van der Waals surface area contributed by atoms with Gasteiger partial charge >= 0.3 is 0 Å². The van der Waals surface area contributed by atoms with E-state index in [0.29, 0.717) is 18.3 Å². The summed E-state index contributed by atoms with van der Waals surface area (Å²) in [5.41, 5.74) is 5.73. The van der Waals surface area contributed by atoms with Crippen LogP contribution in [0.1, 0.15) is 36.2 Å². The summed E-state index contributed by atoms with van der Waals surface area (Å²) < 4.78 is 0. The summed E-state index contributed by atoms with van der Waals surface area (Å²) in [6.07, 6.45) is 1.98. The van der Waals surface area contributed by atoms with Crippen molar-refractivity contribution in [3.8, 4) is 0 Å². The van der Waals surface area contributed by atoms with Crippen LogP contribution in [0.4, 0.5) is 0 Å². The lowest BCUT2D eigenvalue weighted by molar-refractivity contribution is 0.0561. The molecule has 1 saturated heterocycles. The molecule has 17 heavy (non-hydrogen) atoms. The van der Waals surface area contributed by atoms with E-state index in [-0.39, 0.29) is 17.8 Å². The Kier molecular flexibility index (Phi) is 3.42. The Morgan fingerprint density at radius 2 is 2.41 bits per heavy atom. The minimum Gasteiger partial charge on any atom is -0.332 e. The number of aromatic nitrogens is 3. The highest BCUT2D eigenvalue weighted by molar-refractivity contribution is 5.90. The van der Waals surface area contributed by atoms with Gasteiger partial charge in [-0.2, -0.15) is 0 Å². The number of amides is 1. The third kappa shape index (κ3) is 2.46. The third-order valence-corrected chi connectivity index (χ3v) is 3.30. The molecule has 1 aliphatic rings. The molecule has 2 rings (SSSR count). The van der Waals surface area contributed by atoms with Gasteiger partial charge in [0, 0.05) is 19.1 Å². The third-order valence-electron chi connectivity index (χ3n) is 3.30. The molecule has 1 aromatic heterocycles. The highest BCUT2D eigenvalue weighted by atomic mass is 16.2. The average molecular weight is 237 g/mol. The SMILES string of the molecule is Cc1nc(C(=O)N2CCC(C)CC2CN)n[nH]1. The van der Waals surface area contributed by atoms with Crippen LogP contribution in [0.15, 0.2) is 0 Å². The number of H-pyrrole nitrogens is 1. The molecule has 1 amide bonds. The minimum absolute atomic E-state index is 0.114. The fourth-order valence-electron chi connectivity index (χ4n) is 2.31. The Morgan fingerprint density at radius 3 is 3.00 bits per heavy atom. The van der Waals surface area contributed by atoms with Crippen molar-refractivity contribution >= 4 is 5.91 Å². The molecule has 94 valence electrons. The molecule has 0 spiro atoms. The van der Waals surface area contributed by atoms with E-state index in [9.17, 15) is 4.79 Å². The number of nitrogens with zero attached hydrogens (tertiary/aromatic N) is 3. The van der Waals surface area contributed by atoms with Gasteiger partial charge in [0.2, 0.25) is 5.82 Å². The number of piperidine rings is 1. The number of nitrogens with one attached hydrogen (secondary N) is 1. The number of hydrogen-bond donors (Lipinski definition) is 2. The van der Waals surface area contributed by atoms with E-state index < -0.39 is 0 Å². The molecule has 0 bridgehead atoms. The van der Waals surface area contributed by atoms with E-state index in [1.54, 1.807) is 6.92 Å². The van der Waals surface area contributed by atoms with Crippen LogP contribution < -0.4 is 5.73 Å². The number of carbonyl (C=O) groups excluding carboxylic acids is 1. The summed E-state index contributed by atoms with van der Waals surface area (Å²) in [5, 5.41) is 6.60. The second-order valence-electron chi connectivity index (χ2n) is 4.76. The van der Waals surface area contributed by atoms with E-state index in [0.717, 1.165) is 19.4 Å². The summed E-state index contributed by atoms with van der Waals surface area (Å²) in [6.45, 7) is 5.22. The van der Waals surface area contributed by atoms with Gasteiger partial charge in [-0.05, 0) is 25.7 Å². The van der Waals surface area contributed by atoms with Gasteiger partial charge < -0.3 is 10.6 Å². The van der Waals surface area contributed by atoms with Crippen LogP contribution >= 0.6 is 0 Å². The number of hydrogen-bond acceptors (Lipinski definition) is 4. The number of aromatic amines is 1. The first-order valence-corrected chi connectivity index (χ1v) is 6.02. The van der Waals surface area contributed by atoms with E-state index in [2.05, 4.69) is 22.1 Å². The van der Waals surface area contributed by atoms with Crippen LogP contribution in [0.3, 0.4) is 0 Å². The number of aryl methyl sites for hydroxylation is 1. The number of likely N-dealkylation sites (tertiary alicyclic amines) is 1. The molecule has 1 fully saturated rings. The number of carbonyl (C=O) groups is 1. The van der Waals surface area contributed by atoms with Gasteiger partial charge in [-0.25, -0.2) is 4.98 Å². The van der Waals surface area contributed by atoms with Gasteiger partial charge in [0.15, 0.2) is 0 Å². The first kappa shape index (κ1) is 12.0. The molecule has 0 radical (unpaired) electrons. The van der Waals surface area contributed by atoms with Gasteiger partial charge in [0.25, 0.3) is 5.91 Å². The smallest absolute Gasteiger partial charge is 0.293 e. The molecule has 2 unspecified atom stereocenters. The Balaban J connectivity index is 2.13. The normalized spacial score (nSPS) is 25.0. The first-order chi connectivity index (χ1) is 8.11. The fourth-order valence-corrected chi connectivity index (χ4v) is 2.31. The van der Waals surface area contributed by atoms with Gasteiger partial charge in [0.05, 0.1) is 0 Å². The summed E-state index contributed by atoms with van der Waals surface area (Å²) in [5.74, 6) is 1.41. The van der Waals surface area contributed by atoms with Crippen molar-refractivity contribution < 1.29 is 4.79 Å². The summed E-state index contributed by atoms with van der Waals surface area (Å²) in [7, 11) is 0. The average Bonchev–Trinajstić information content (AvgIpc) is 2.75. The Morgan fingerprint density at radius 1 is 1.65 bits per heavy atom. The minimum atomic E-state index is -0.114. The molecule has 0 saturated carbocycles. The Labute approximate surface area is 101 Å². The van der Waals surface area contributed by atoms with Crippen LogP contribution in [0, 0.1) is 12.8 Å². The molecule has 1 aliphatic heterocycles. The summed E-state index contributed by atoms with van der Waals surface area (Å²) in [6, 6.07) is 0.116. The summed E-state index contributed by atoms with van der Waals surface area (Å²) >= 11 is 0. The zero-order valence-corrected chi connectivity index (χ0v) is 10.3. The maximum Gasteiger partial charge on any atom is 0.293 e. The van der Waals surface area contributed by atoms with Crippen molar-refractivity contribution in [2.24, 2.45) is 11.7 Å². The lowest BCUT2D eigenvalue weighted by atomic mass is 9.92. The topological polar surface area (TPSA) is 87.9 Å². The van der Waals surface area contributed by atoms with Gasteiger partial charge in [-0.3, -0.25) is 9.89 Å². The van der Waals surface area contributed by atoms with Crippen molar-refractivity contribution in [3.05, 3.63) is 11.6 Å². The molecule has 6 nitrogen and oxygen atoms in total. The maximum atomic E-state index is 12.2. The lowest BCUT2D eigenvalue weighted by Gasteiger charge is -2.37. The van der Waals surface area contributed by atoms with Crippen molar-refractivity contribution in [1.82, 2.24) is 20.1 Å². The van der Waals surface area contributed by atoms with E-state index in [1.807, 2.05) is 4.90 Å². The maximum absolute atomic E-state index is 12.2. The number of nitrogens with two attached hydrogens (primary N) is 1. The van der Waals surface area contributed by atoms with Crippen LogP contribution in [0.5, 0.6) is 0 Å². The molecule has 1 aromatic rings. The van der Waals surface area contributed by atoms with E-state index >= 15 is 0 Å². The molecule has 6 heteroatoms. The number of rotatable bonds is 2. The van der Waals surface area contributed by atoms with E-state index in [4.69, 9.17) is 5.73 Å². The van der Waals surface area contributed by atoms with Crippen LogP contribution in [0.25, 0.3) is 0 Å². The second kappa shape index (κ2) is 4.83. The molecule has 2 heterocycles. The van der Waals surface area contributed by atoms with Crippen molar-refractivity contribution in [3.63, 3.8) is 0 Å². The zero-order valence-electron chi connectivity index (χ0n) is 10.3. The molecule has 0 aromatic carbocycles. The van der Waals surface area contributed by atoms with E-state index in [1.165, 1.54) is 0 Å². The lowest BCUT2D eigenvalue weighted by Crippen LogP contribution is -2.49. The van der Waals surface area contributed by atoms with Crippen LogP contribution in [0.2, 0.25) is 0 Å². The molecule has 3 N–H and O–H groups in total. The fraction of sp³-hybridized carbons (Fsp3) is 0.727. The predicted octanol–water partition coefficient (Wildman–Crippen LogP) is 0.313. The van der Waals surface area contributed by atoms with Gasteiger partial charge in [-0.1, -0.05) is 6.92 Å². The predicted molar refractivity (Wildman–Crippen MR) is 63.4 cm³/mol. The van der Waals surface area contributed by atoms with Crippen molar-refractivity contribution in [2.45, 2.75) is 32.7 Å². The Bertz CT molecular complexity index is 402. The van der Waals surface area contributed by atoms with Crippen molar-refractivity contribution in [1.29, 1.82) is 0 Å². The van der Waals surface area contributed by atoms with Crippen LogP contribution in [-0.4, -0.2) is 45.1 Å². The molecule has 2 atom stereocenters. The zero-order chi connectivity index (χ0) is 12.4. The van der Waals surface area contributed by atoms with Gasteiger partial charge in [-0.15, -0.1) is 5.10 Å². The van der Waals surface area contributed by atoms with Crippen molar-refractivity contribution in [2.75, 3.05) is 13.1 Å². The molecular formula is C11H19N5O. The Hall–Kier alpha value is -1.43. The first-order valence-electron chi connectivity index (χ1n) is 6.02. The largest absolute Gasteiger partial charge is 0.332 e. The van der Waals surface area contributed by atoms with Crippen LogP contribution in [-0.2, 0) is 0 Å². The monoisotopic (exact) mass is 237 g/mol. The highest BCUT2D eigenvalue weighted by Crippen LogP contribution is 2.22. The summed E-state index contributed by atoms with van der Waals surface area (Å²) in [4.78, 5) is 18.1. The molecule has 0 aliphatic carbocycles. The standard InChI is InChI=1S/C11H19N5O/c1-7-3-4-16(9(5-7)6-12)11(17)10-13-8(2)14-15-10/h7,9H,3-6,12H2,1-2H3,(H,13,14,15). The quantitative estimate of drug-likeness (QED) is 0.775. The second-order valence-corrected chi connectivity index (χ2v) is 4.76. The molecular weight excluding hydrogens is 218 g/mol. The van der Waals surface area contributed by atoms with Gasteiger partial charge in [0.1, 0.15) is 5.82 Å². The highest BCUT2D eigenvalue weighted by Gasteiger charge is 2.31.